The summed E-state index contributed by atoms with van der Waals surface area (Å²) in [6.45, 7) is 0. The van der Waals surface area contributed by atoms with Gasteiger partial charge in [0.2, 0.25) is 0 Å². The van der Waals surface area contributed by atoms with Crippen LogP contribution in [0.1, 0.15) is 0 Å². The van der Waals surface area contributed by atoms with Gasteiger partial charge >= 0.3 is 0 Å². The van der Waals surface area contributed by atoms with Gasteiger partial charge in [0, 0.05) is 39.2 Å². The fourth-order valence-electron chi connectivity index (χ4n) is 6.86. The van der Waals surface area contributed by atoms with Crippen molar-refractivity contribution >= 4 is 21.9 Å². The van der Waals surface area contributed by atoms with E-state index in [9.17, 15) is 0 Å². The van der Waals surface area contributed by atoms with Gasteiger partial charge < -0.3 is 4.42 Å². The van der Waals surface area contributed by atoms with E-state index in [2.05, 4.69) is 113 Å². The molecule has 9 aromatic rings. The monoisotopic (exact) mass is 628 g/mol. The Morgan fingerprint density at radius 2 is 0.980 bits per heavy atom. The number of aromatic nitrogens is 4. The zero-order valence-electron chi connectivity index (χ0n) is 26.4. The average Bonchev–Trinajstić information content (AvgIpc) is 3.57. The van der Waals surface area contributed by atoms with Crippen molar-refractivity contribution < 1.29 is 4.42 Å². The van der Waals surface area contributed by atoms with Gasteiger partial charge in [0.05, 0.1) is 5.69 Å². The van der Waals surface area contributed by atoms with Crippen molar-refractivity contribution in [3.63, 3.8) is 0 Å². The molecule has 6 aromatic carbocycles. The molecule has 3 aromatic heterocycles. The van der Waals surface area contributed by atoms with Crippen LogP contribution in [-0.4, -0.2) is 20.4 Å². The van der Waals surface area contributed by atoms with Gasteiger partial charge in [-0.15, -0.1) is 10.2 Å². The third-order valence-electron chi connectivity index (χ3n) is 9.02. The van der Waals surface area contributed by atoms with Crippen LogP contribution < -0.4 is 0 Å². The van der Waals surface area contributed by atoms with E-state index in [0.29, 0.717) is 5.69 Å². The summed E-state index contributed by atoms with van der Waals surface area (Å²) in [5.41, 5.74) is 13.0. The smallest absolute Gasteiger partial charge is 0.136 e. The standard InChI is InChI=1S/C44H28N4O/c1-4-15-29(16-5-1)32-21-10-11-22-33(32)34-26-27-38-40(35-23-12-13-25-37(35)49-38)41(34)43-36(24-14-28-45-43)44-39(30-17-6-2-7-18-30)42(46-48-47-44)31-19-8-3-9-20-31/h1-28H. The van der Waals surface area contributed by atoms with Crippen LogP contribution in [0, 0.1) is 0 Å². The van der Waals surface area contributed by atoms with Crippen molar-refractivity contribution in [1.29, 1.82) is 0 Å². The highest BCUT2D eigenvalue weighted by Gasteiger charge is 2.26. The molecule has 5 nitrogen and oxygen atoms in total. The molecular formula is C44H28N4O. The van der Waals surface area contributed by atoms with E-state index in [4.69, 9.17) is 14.5 Å². The summed E-state index contributed by atoms with van der Waals surface area (Å²) in [6, 6.07) is 56.0. The normalized spacial score (nSPS) is 11.3. The number of para-hydroxylation sites is 1. The summed E-state index contributed by atoms with van der Waals surface area (Å²) in [6.07, 6.45) is 1.85. The minimum Gasteiger partial charge on any atom is -0.456 e. The quantitative estimate of drug-likeness (QED) is 0.183. The van der Waals surface area contributed by atoms with Crippen molar-refractivity contribution in [1.82, 2.24) is 20.4 Å². The molecular weight excluding hydrogens is 601 g/mol. The van der Waals surface area contributed by atoms with E-state index in [-0.39, 0.29) is 0 Å². The van der Waals surface area contributed by atoms with Crippen LogP contribution >= 0.6 is 0 Å². The number of pyridine rings is 1. The lowest BCUT2D eigenvalue weighted by Gasteiger charge is -2.19. The van der Waals surface area contributed by atoms with E-state index < -0.39 is 0 Å². The van der Waals surface area contributed by atoms with Crippen LogP contribution in [0.15, 0.2) is 174 Å². The lowest BCUT2D eigenvalue weighted by Crippen LogP contribution is -2.02. The van der Waals surface area contributed by atoms with Crippen molar-refractivity contribution in [2.45, 2.75) is 0 Å². The van der Waals surface area contributed by atoms with E-state index >= 15 is 0 Å². The van der Waals surface area contributed by atoms with Gasteiger partial charge in [-0.05, 0) is 63.4 Å². The lowest BCUT2D eigenvalue weighted by molar-refractivity contribution is 0.669. The molecule has 0 amide bonds. The number of furan rings is 1. The highest BCUT2D eigenvalue weighted by atomic mass is 16.3. The molecule has 0 unspecified atom stereocenters. The summed E-state index contributed by atoms with van der Waals surface area (Å²) >= 11 is 0. The number of nitrogens with zero attached hydrogens (tertiary/aromatic N) is 4. The predicted octanol–water partition coefficient (Wildman–Crippen LogP) is 11.2. The average molecular weight is 629 g/mol. The van der Waals surface area contributed by atoms with Gasteiger partial charge in [-0.1, -0.05) is 133 Å². The Hall–Kier alpha value is -6.72. The molecule has 0 aliphatic rings. The first-order valence-electron chi connectivity index (χ1n) is 16.2. The maximum absolute atomic E-state index is 6.47. The molecule has 0 aliphatic carbocycles. The van der Waals surface area contributed by atoms with Crippen LogP contribution in [0.25, 0.3) is 89.1 Å². The van der Waals surface area contributed by atoms with Crippen molar-refractivity contribution in [3.05, 3.63) is 170 Å². The highest BCUT2D eigenvalue weighted by molar-refractivity contribution is 6.17. The molecule has 0 fully saturated rings. The largest absolute Gasteiger partial charge is 0.456 e. The Bertz CT molecular complexity index is 2600. The Morgan fingerprint density at radius 3 is 1.76 bits per heavy atom. The second kappa shape index (κ2) is 12.1. The summed E-state index contributed by atoms with van der Waals surface area (Å²) in [5, 5.41) is 15.8. The van der Waals surface area contributed by atoms with Crippen molar-refractivity contribution in [3.8, 4) is 67.2 Å². The number of hydrogen-bond acceptors (Lipinski definition) is 5. The fraction of sp³-hybridized carbons (Fsp3) is 0. The molecule has 9 rings (SSSR count). The molecule has 0 N–H and O–H groups in total. The molecule has 3 heterocycles. The third-order valence-corrected chi connectivity index (χ3v) is 9.02. The molecule has 5 heteroatoms. The van der Waals surface area contributed by atoms with E-state index in [1.807, 2.05) is 66.9 Å². The van der Waals surface area contributed by atoms with Crippen LogP contribution in [0.2, 0.25) is 0 Å². The second-order valence-corrected chi connectivity index (χ2v) is 11.9. The van der Waals surface area contributed by atoms with Gasteiger partial charge in [-0.3, -0.25) is 4.98 Å². The van der Waals surface area contributed by atoms with Gasteiger partial charge in [0.25, 0.3) is 0 Å². The fourth-order valence-corrected chi connectivity index (χ4v) is 6.86. The molecule has 49 heavy (non-hydrogen) atoms. The maximum atomic E-state index is 6.47. The first kappa shape index (κ1) is 28.5. The molecule has 0 spiro atoms. The van der Waals surface area contributed by atoms with Gasteiger partial charge in [0.15, 0.2) is 0 Å². The summed E-state index contributed by atoms with van der Waals surface area (Å²) < 4.78 is 6.47. The lowest BCUT2D eigenvalue weighted by atomic mass is 9.86. The first-order valence-corrected chi connectivity index (χ1v) is 16.2. The van der Waals surface area contributed by atoms with Crippen LogP contribution in [-0.2, 0) is 0 Å². The molecule has 0 saturated carbocycles. The Kier molecular flexibility index (Phi) is 7.06. The molecule has 0 radical (unpaired) electrons. The summed E-state index contributed by atoms with van der Waals surface area (Å²) in [7, 11) is 0. The Labute approximate surface area is 283 Å². The number of fused-ring (bicyclic) bond motifs is 3. The third kappa shape index (κ3) is 4.96. The molecule has 0 saturated heterocycles. The minimum absolute atomic E-state index is 0.704. The molecule has 0 aliphatic heterocycles. The topological polar surface area (TPSA) is 64.7 Å². The van der Waals surface area contributed by atoms with Crippen LogP contribution in [0.5, 0.6) is 0 Å². The molecule has 0 atom stereocenters. The Balaban J connectivity index is 1.39. The summed E-state index contributed by atoms with van der Waals surface area (Å²) in [5.74, 6) is 0. The highest BCUT2D eigenvalue weighted by Crippen LogP contribution is 2.48. The van der Waals surface area contributed by atoms with E-state index in [0.717, 1.165) is 83.4 Å². The first-order chi connectivity index (χ1) is 24.3. The van der Waals surface area contributed by atoms with Crippen LogP contribution in [0.4, 0.5) is 0 Å². The zero-order valence-corrected chi connectivity index (χ0v) is 26.4. The SMILES string of the molecule is c1ccc(-c2ccccc2-c2ccc3oc4ccccc4c3c2-c2ncccc2-c2nnnc(-c3ccccc3)c2-c2ccccc2)cc1. The van der Waals surface area contributed by atoms with Crippen LogP contribution in [0.3, 0.4) is 0 Å². The molecule has 0 bridgehead atoms. The minimum atomic E-state index is 0.704. The van der Waals surface area contributed by atoms with Gasteiger partial charge in [0.1, 0.15) is 22.6 Å². The number of hydrogen-bond donors (Lipinski definition) is 0. The van der Waals surface area contributed by atoms with Gasteiger partial charge in [-0.25, -0.2) is 0 Å². The van der Waals surface area contributed by atoms with E-state index in [1.165, 1.54) is 0 Å². The van der Waals surface area contributed by atoms with Gasteiger partial charge in [-0.2, -0.15) is 0 Å². The second-order valence-electron chi connectivity index (χ2n) is 11.9. The maximum Gasteiger partial charge on any atom is 0.136 e. The number of benzene rings is 6. The predicted molar refractivity (Wildman–Crippen MR) is 198 cm³/mol. The number of rotatable bonds is 6. The van der Waals surface area contributed by atoms with Crippen molar-refractivity contribution in [2.24, 2.45) is 0 Å². The zero-order chi connectivity index (χ0) is 32.6. The van der Waals surface area contributed by atoms with E-state index in [1.54, 1.807) is 0 Å². The van der Waals surface area contributed by atoms with Crippen molar-refractivity contribution in [2.75, 3.05) is 0 Å². The summed E-state index contributed by atoms with van der Waals surface area (Å²) in [4.78, 5) is 5.16. The Morgan fingerprint density at radius 1 is 0.367 bits per heavy atom. The molecule has 230 valence electrons.